The Kier molecular flexibility index (Phi) is 23.4. The molecule has 10 aromatic carbocycles. The Hall–Kier alpha value is -12.1. The Morgan fingerprint density at radius 1 is 0.351 bits per heavy atom. The lowest BCUT2D eigenvalue weighted by Gasteiger charge is -2.32. The van der Waals surface area contributed by atoms with Crippen LogP contribution in [0.4, 0.5) is 56.9 Å². The Balaban J connectivity index is 0.000000134. The van der Waals surface area contributed by atoms with Gasteiger partial charge in [-0.25, -0.2) is 33.7 Å². The number of carbonyl (C=O) groups excluding carboxylic acids is 6. The maximum absolute atomic E-state index is 12.9. The lowest BCUT2D eigenvalue weighted by molar-refractivity contribution is 0.101. The number of furan rings is 1. The summed E-state index contributed by atoms with van der Waals surface area (Å²) in [5, 5.41) is 23.5. The number of aryl methyl sites for hydroxylation is 3. The predicted molar refractivity (Wildman–Crippen MR) is 443 cm³/mol. The van der Waals surface area contributed by atoms with E-state index in [1.165, 1.54) is 23.3 Å². The number of amides is 6. The first-order valence-electron chi connectivity index (χ1n) is 34.9. The van der Waals surface area contributed by atoms with Gasteiger partial charge in [-0.1, -0.05) is 58.2 Å². The summed E-state index contributed by atoms with van der Waals surface area (Å²) in [4.78, 5) is 75.4. The average molecular weight is 1670 g/mol. The zero-order valence-electron chi connectivity index (χ0n) is 60.6. The van der Waals surface area contributed by atoms with Crippen LogP contribution in [0.25, 0.3) is 21.9 Å². The molecule has 114 heavy (non-hydrogen) atoms. The van der Waals surface area contributed by atoms with Crippen molar-refractivity contribution in [2.45, 2.75) is 20.8 Å². The molecule has 0 spiro atoms. The monoisotopic (exact) mass is 1670 g/mol. The fourth-order valence-electron chi connectivity index (χ4n) is 12.1. The smallest absolute Gasteiger partial charge is 0.255 e. The predicted octanol–water partition coefficient (Wildman–Crippen LogP) is 14.6. The van der Waals surface area contributed by atoms with Crippen LogP contribution in [0.2, 0.25) is 15.1 Å². The van der Waals surface area contributed by atoms with Crippen molar-refractivity contribution in [3.8, 4) is 0 Å². The molecule has 4 aliphatic heterocycles. The summed E-state index contributed by atoms with van der Waals surface area (Å²) in [5.74, 6) is -1.36. The van der Waals surface area contributed by atoms with Gasteiger partial charge in [0.2, 0.25) is 40.1 Å². The number of hydrogen-bond donors (Lipinski definition) is 6. The molecular formula is C80H68Cl3N11O16S4. The molecule has 584 valence electrons. The maximum atomic E-state index is 12.9. The number of carbonyl (C=O) groups is 6. The maximum Gasteiger partial charge on any atom is 0.255 e. The van der Waals surface area contributed by atoms with Gasteiger partial charge in [-0.3, -0.25) is 46.0 Å². The van der Waals surface area contributed by atoms with E-state index in [9.17, 15) is 62.4 Å². The number of sulfonamides is 4. The summed E-state index contributed by atoms with van der Waals surface area (Å²) >= 11 is 18.1. The van der Waals surface area contributed by atoms with Gasteiger partial charge in [0.05, 0.1) is 68.9 Å². The highest BCUT2D eigenvalue weighted by Crippen LogP contribution is 2.34. The second-order valence-electron chi connectivity index (χ2n) is 26.4. The molecule has 2 aromatic heterocycles. The highest BCUT2D eigenvalue weighted by atomic mass is 35.5. The van der Waals surface area contributed by atoms with Crippen LogP contribution in [0.5, 0.6) is 0 Å². The number of benzene rings is 10. The molecular weight excluding hydrogens is 1610 g/mol. The van der Waals surface area contributed by atoms with E-state index >= 15 is 0 Å². The molecule has 0 saturated carbocycles. The highest BCUT2D eigenvalue weighted by molar-refractivity contribution is 7.95. The van der Waals surface area contributed by atoms with Crippen molar-refractivity contribution in [3.05, 3.63) is 290 Å². The number of hydrogen-bond acceptors (Lipinski definition) is 17. The molecule has 4 aliphatic rings. The molecule has 4 fully saturated rings. The molecule has 0 atom stereocenters. The molecule has 4 saturated heterocycles. The van der Waals surface area contributed by atoms with E-state index in [2.05, 4.69) is 37.1 Å². The topological polar surface area (TPSA) is 363 Å². The van der Waals surface area contributed by atoms with E-state index in [4.69, 9.17) is 43.7 Å². The minimum atomic E-state index is -3.24. The number of nitrogens with zero attached hydrogens (tertiary/aromatic N) is 5. The van der Waals surface area contributed by atoms with Gasteiger partial charge in [0.15, 0.2) is 5.58 Å². The van der Waals surface area contributed by atoms with Gasteiger partial charge in [-0.15, -0.1) is 0 Å². The molecule has 0 unspecified atom stereocenters. The first-order chi connectivity index (χ1) is 54.3. The molecule has 6 N–H and O–H groups in total. The van der Waals surface area contributed by atoms with Gasteiger partial charge < -0.3 is 40.8 Å². The van der Waals surface area contributed by atoms with Gasteiger partial charge in [0.25, 0.3) is 35.4 Å². The van der Waals surface area contributed by atoms with E-state index in [-0.39, 0.29) is 52.5 Å². The minimum Gasteiger partial charge on any atom is -0.464 e. The van der Waals surface area contributed by atoms with E-state index in [0.29, 0.717) is 154 Å². The van der Waals surface area contributed by atoms with Crippen LogP contribution in [-0.4, -0.2) is 123 Å². The summed E-state index contributed by atoms with van der Waals surface area (Å²) in [6.45, 7) is 7.19. The molecule has 16 rings (SSSR count). The Labute approximate surface area is 670 Å². The van der Waals surface area contributed by atoms with Crippen LogP contribution in [0.1, 0.15) is 78.8 Å². The number of anilines is 10. The first-order valence-corrected chi connectivity index (χ1v) is 42.4. The van der Waals surface area contributed by atoms with Crippen molar-refractivity contribution in [1.29, 1.82) is 0 Å². The van der Waals surface area contributed by atoms with Crippen LogP contribution in [0, 0.1) is 20.8 Å². The fourth-order valence-corrected chi connectivity index (χ4v) is 17.1. The van der Waals surface area contributed by atoms with Gasteiger partial charge in [-0.05, 0) is 219 Å². The number of fused-ring (bicyclic) bond motifs is 2. The van der Waals surface area contributed by atoms with E-state index < -0.39 is 46.0 Å². The Morgan fingerprint density at radius 2 is 0.737 bits per heavy atom. The number of nitrogens with one attached hydrogen (secondary N) is 6. The Bertz CT molecular complexity index is 5930. The molecule has 0 radical (unpaired) electrons. The third kappa shape index (κ3) is 18.5. The summed E-state index contributed by atoms with van der Waals surface area (Å²) in [7, 11) is -12.8. The van der Waals surface area contributed by atoms with Crippen LogP contribution in [0.15, 0.2) is 234 Å². The van der Waals surface area contributed by atoms with Crippen molar-refractivity contribution >= 4 is 189 Å². The van der Waals surface area contributed by atoms with Gasteiger partial charge in [0, 0.05) is 121 Å². The third-order valence-electron chi connectivity index (χ3n) is 18.6. The summed E-state index contributed by atoms with van der Waals surface area (Å²) in [6, 6.07) is 58.4. The highest BCUT2D eigenvalue weighted by Gasteiger charge is 2.36. The summed E-state index contributed by atoms with van der Waals surface area (Å²) < 4.78 is 109. The normalized spacial score (nSPS) is 15.0. The van der Waals surface area contributed by atoms with Gasteiger partial charge >= 0.3 is 0 Å². The van der Waals surface area contributed by atoms with E-state index in [1.807, 2.05) is 19.1 Å². The molecule has 6 amide bonds. The number of rotatable bonds is 16. The lowest BCUT2D eigenvalue weighted by Crippen LogP contribution is -2.47. The van der Waals surface area contributed by atoms with Gasteiger partial charge in [0.1, 0.15) is 5.58 Å². The number of aromatic nitrogens is 1. The van der Waals surface area contributed by atoms with E-state index in [1.54, 1.807) is 220 Å². The third-order valence-corrected chi connectivity index (χ3v) is 26.4. The zero-order valence-corrected chi connectivity index (χ0v) is 66.1. The largest absolute Gasteiger partial charge is 0.464 e. The van der Waals surface area contributed by atoms with Crippen molar-refractivity contribution in [2.75, 3.05) is 98.3 Å². The molecule has 6 heterocycles. The molecule has 0 bridgehead atoms. The quantitative estimate of drug-likeness (QED) is 0.0523. The van der Waals surface area contributed by atoms with E-state index in [0.717, 1.165) is 16.3 Å². The standard InChI is InChI=1S/C24H22ClN3O4S.C23H19Cl2N3O4S.C17H14N2O4S.C16H13N3O4S/c1-15-6-7-19(14-22(15)27-23(29)17-4-3-5-18(25)13-17)26-24(30)21-9-8-20(12-16(21)2)28-10-11-33(28,31)32;1-14-11-18(28-9-10-33(28,31)32)6-7-19(14)23(30)26-17-5-8-20(25)21(13-17)27-22(29)15-3-2-4-16(24)12-15;20-17(18-14-4-1-12-7-9-23-16(12)11-14)13-2-5-15(6-3-13)19-8-10-24(19,21)22;20-16(18-13-4-1-12-10-17-23-15(12)9-13)11-2-5-14(6-3-11)19-7-8-24(19,21)22/h3-9,12-14H,10-11H2,1-2H3,(H,26,30)(H,27,29);2-8,11-13H,9-10H2,1H3,(H,26,30)(H,27,29);1-7,9,11H,8,10H2,(H,18,20);1-6,9-10H,7-8H2,(H,18,20). The first kappa shape index (κ1) is 80.0. The minimum absolute atomic E-state index is 0.126. The molecule has 27 nitrogen and oxygen atoms in total. The molecule has 12 aromatic rings. The van der Waals surface area contributed by atoms with Crippen LogP contribution in [-0.2, 0) is 40.1 Å². The van der Waals surface area contributed by atoms with Crippen LogP contribution in [0.3, 0.4) is 0 Å². The molecule has 34 heteroatoms. The molecule has 0 aliphatic carbocycles. The average Bonchev–Trinajstić information content (AvgIpc) is 1.01. The van der Waals surface area contributed by atoms with Crippen molar-refractivity contribution < 1.29 is 71.4 Å². The SMILES string of the molecule is Cc1cc(N2CCS2(=O)=O)ccc1C(=O)Nc1ccc(Cl)c(NC(=O)c2cccc(Cl)c2)c1.Cc1ccc(NC(=O)c2ccc(N3CCS3(=O)=O)cc2C)cc1NC(=O)c1cccc(Cl)c1.O=C(Nc1ccc2ccoc2c1)c1ccc(N2CCS2(=O)=O)cc1.O=C(Nc1ccc2cnoc2c1)c1ccc(N2CCS2(=O)=O)cc1. The lowest BCUT2D eigenvalue weighted by atomic mass is 10.1. The fraction of sp³-hybridized carbons (Fsp3) is 0.138. The summed E-state index contributed by atoms with van der Waals surface area (Å²) in [6.07, 6.45) is 3.20. The van der Waals surface area contributed by atoms with Crippen LogP contribution >= 0.6 is 34.8 Å². The van der Waals surface area contributed by atoms with Gasteiger partial charge in [-0.2, -0.15) is 0 Å². The second kappa shape index (κ2) is 33.3. The second-order valence-corrected chi connectivity index (χ2v) is 35.7. The van der Waals surface area contributed by atoms with Crippen molar-refractivity contribution in [1.82, 2.24) is 5.16 Å². The van der Waals surface area contributed by atoms with Crippen molar-refractivity contribution in [3.63, 3.8) is 0 Å². The van der Waals surface area contributed by atoms with Crippen LogP contribution < -0.4 is 49.1 Å². The Morgan fingerprint density at radius 3 is 1.18 bits per heavy atom. The summed E-state index contributed by atoms with van der Waals surface area (Å²) in [5.41, 5.74) is 11.2. The zero-order chi connectivity index (χ0) is 81.0. The van der Waals surface area contributed by atoms with Crippen molar-refractivity contribution in [2.24, 2.45) is 0 Å². The number of halogens is 3.